The van der Waals surface area contributed by atoms with Crippen LogP contribution in [-0.2, 0) is 20.9 Å². The molecule has 4 aliphatic rings. The number of halogens is 1. The van der Waals surface area contributed by atoms with Crippen LogP contribution in [0.3, 0.4) is 0 Å². The highest BCUT2D eigenvalue weighted by Gasteiger charge is 2.47. The SMILES string of the molecule is NN=NC1=C(Cl)N=C(C(=O)NC2NC3(CCN(C(=O)C4CC(=O)N(Cc5ccco5)C4)CC3)CN2N)C(N=NN)N1. The molecule has 3 unspecified atom stereocenters. The Kier molecular flexibility index (Phi) is 8.15. The predicted octanol–water partition coefficient (Wildman–Crippen LogP) is -1.44. The van der Waals surface area contributed by atoms with E-state index in [0.717, 1.165) is 0 Å². The lowest BCUT2D eigenvalue weighted by atomic mass is 9.88. The quantitative estimate of drug-likeness (QED) is 0.0932. The van der Waals surface area contributed by atoms with E-state index in [4.69, 9.17) is 33.5 Å². The van der Waals surface area contributed by atoms with Crippen LogP contribution in [0.2, 0.25) is 0 Å². The molecule has 0 saturated carbocycles. The molecule has 0 bridgehead atoms. The third kappa shape index (κ3) is 5.99. The fourth-order valence-corrected chi connectivity index (χ4v) is 5.69. The Morgan fingerprint density at radius 1 is 1.27 bits per heavy atom. The van der Waals surface area contributed by atoms with E-state index >= 15 is 0 Å². The third-order valence-corrected chi connectivity index (χ3v) is 7.83. The monoisotopic (exact) mass is 590 g/mol. The molecule has 0 radical (unpaired) electrons. The van der Waals surface area contributed by atoms with Gasteiger partial charge in [-0.25, -0.2) is 10.0 Å². The maximum atomic E-state index is 13.3. The summed E-state index contributed by atoms with van der Waals surface area (Å²) in [7, 11) is 0. The Bertz CT molecular complexity index is 1290. The number of nitrogens with two attached hydrogens (primary N) is 3. The number of likely N-dealkylation sites (tertiary alicyclic amines) is 2. The molecule has 1 aromatic heterocycles. The van der Waals surface area contributed by atoms with Crippen LogP contribution in [0, 0.1) is 5.92 Å². The summed E-state index contributed by atoms with van der Waals surface area (Å²) >= 11 is 6.09. The summed E-state index contributed by atoms with van der Waals surface area (Å²) in [6.45, 7) is 2.11. The highest BCUT2D eigenvalue weighted by atomic mass is 35.5. The molecule has 18 nitrogen and oxygen atoms in total. The van der Waals surface area contributed by atoms with Crippen molar-refractivity contribution >= 4 is 35.0 Å². The average molecular weight is 591 g/mol. The summed E-state index contributed by atoms with van der Waals surface area (Å²) in [5.74, 6) is 16.1. The summed E-state index contributed by atoms with van der Waals surface area (Å²) in [6, 6.07) is 3.57. The van der Waals surface area contributed by atoms with Gasteiger partial charge in [-0.15, -0.1) is 10.2 Å². The minimum Gasteiger partial charge on any atom is -0.467 e. The number of rotatable bonds is 7. The van der Waals surface area contributed by atoms with E-state index in [0.29, 0.717) is 51.3 Å². The third-order valence-electron chi connectivity index (χ3n) is 7.57. The van der Waals surface area contributed by atoms with Gasteiger partial charge in [0.2, 0.25) is 11.8 Å². The molecule has 0 aliphatic carbocycles. The largest absolute Gasteiger partial charge is 0.467 e. The van der Waals surface area contributed by atoms with Crippen molar-refractivity contribution in [1.29, 1.82) is 0 Å². The number of piperidine rings is 1. The topological polar surface area (TPSA) is 250 Å². The Morgan fingerprint density at radius 2 is 2.05 bits per heavy atom. The number of nitrogens with one attached hydrogen (secondary N) is 3. The van der Waals surface area contributed by atoms with Crippen molar-refractivity contribution in [3.63, 3.8) is 0 Å². The van der Waals surface area contributed by atoms with Gasteiger partial charge in [0.05, 0.1) is 18.7 Å². The molecular formula is C22H31ClN14O4. The summed E-state index contributed by atoms with van der Waals surface area (Å²) in [6.07, 6.45) is 1.12. The van der Waals surface area contributed by atoms with Crippen molar-refractivity contribution in [2.24, 2.45) is 49.1 Å². The highest BCUT2D eigenvalue weighted by molar-refractivity contribution is 6.43. The first-order valence-electron chi connectivity index (χ1n) is 12.9. The first-order valence-corrected chi connectivity index (χ1v) is 13.2. The lowest BCUT2D eigenvalue weighted by molar-refractivity contribution is -0.137. The molecule has 3 saturated heterocycles. The van der Waals surface area contributed by atoms with Gasteiger partial charge < -0.3 is 36.5 Å². The van der Waals surface area contributed by atoms with Crippen molar-refractivity contribution in [3.05, 3.63) is 35.1 Å². The molecule has 19 heteroatoms. The Labute approximate surface area is 239 Å². The summed E-state index contributed by atoms with van der Waals surface area (Å²) < 4.78 is 5.34. The van der Waals surface area contributed by atoms with Gasteiger partial charge in [-0.05, 0) is 25.0 Å². The number of furan rings is 1. The van der Waals surface area contributed by atoms with Crippen molar-refractivity contribution in [2.45, 2.75) is 43.8 Å². The number of carbonyl (C=O) groups excluding carboxylic acids is 3. The molecule has 3 atom stereocenters. The zero-order valence-corrected chi connectivity index (χ0v) is 22.7. The molecule has 1 aromatic rings. The number of hydrogen-bond donors (Lipinski definition) is 6. The van der Waals surface area contributed by atoms with Gasteiger partial charge in [0.15, 0.2) is 22.9 Å². The molecule has 5 heterocycles. The van der Waals surface area contributed by atoms with Crippen molar-refractivity contribution < 1.29 is 18.8 Å². The molecule has 5 rings (SSSR count). The van der Waals surface area contributed by atoms with Crippen molar-refractivity contribution in [1.82, 2.24) is 30.8 Å². The van der Waals surface area contributed by atoms with E-state index in [9.17, 15) is 14.4 Å². The van der Waals surface area contributed by atoms with Crippen LogP contribution in [0.4, 0.5) is 0 Å². The lowest BCUT2D eigenvalue weighted by Gasteiger charge is -2.40. The van der Waals surface area contributed by atoms with Crippen molar-refractivity contribution in [3.8, 4) is 0 Å². The Morgan fingerprint density at radius 3 is 2.73 bits per heavy atom. The molecule has 4 aliphatic heterocycles. The Balaban J connectivity index is 1.16. The van der Waals surface area contributed by atoms with Gasteiger partial charge in [0.25, 0.3) is 5.91 Å². The smallest absolute Gasteiger partial charge is 0.272 e. The molecule has 41 heavy (non-hydrogen) atoms. The highest BCUT2D eigenvalue weighted by Crippen LogP contribution is 2.30. The summed E-state index contributed by atoms with van der Waals surface area (Å²) in [4.78, 5) is 46.4. The molecule has 9 N–H and O–H groups in total. The van der Waals surface area contributed by atoms with E-state index in [-0.39, 0.29) is 34.9 Å². The minimum atomic E-state index is -1.09. The normalized spacial score (nSPS) is 26.8. The number of hydrazine groups is 1. The summed E-state index contributed by atoms with van der Waals surface area (Å²) in [5, 5.41) is 23.9. The van der Waals surface area contributed by atoms with Gasteiger partial charge in [-0.3, -0.25) is 25.5 Å². The van der Waals surface area contributed by atoms with Crippen LogP contribution < -0.4 is 33.5 Å². The minimum absolute atomic E-state index is 0.00461. The predicted molar refractivity (Wildman–Crippen MR) is 142 cm³/mol. The standard InChI is InChI=1S/C22H31ClN14O4/c23-16-18(32-34-25)28-17(31-33-24)15(27-16)19(39)29-21-30-22(11-37(21)26)3-5-35(6-4-22)20(40)12-8-14(38)36(9-12)10-13-2-1-7-41-13/h1-2,7,12,17,21,28,30H,3-6,8-11,26H2,(H2,24,31)(H2,25,32)(H,29,39). The second kappa shape index (κ2) is 11.8. The molecular weight excluding hydrogens is 560 g/mol. The average Bonchev–Trinajstić information content (AvgIpc) is 3.66. The number of aliphatic imine (C=N–C) groups is 1. The molecule has 1 spiro atoms. The van der Waals surface area contributed by atoms with Gasteiger partial charge in [-0.2, -0.15) is 0 Å². The van der Waals surface area contributed by atoms with Crippen LogP contribution >= 0.6 is 11.6 Å². The maximum Gasteiger partial charge on any atom is 0.272 e. The second-order valence-corrected chi connectivity index (χ2v) is 10.5. The van der Waals surface area contributed by atoms with E-state index in [2.05, 4.69) is 41.6 Å². The molecule has 220 valence electrons. The zero-order chi connectivity index (χ0) is 29.1. The van der Waals surface area contributed by atoms with Gasteiger partial charge in [0.1, 0.15) is 12.0 Å². The maximum absolute atomic E-state index is 13.3. The lowest BCUT2D eigenvalue weighted by Crippen LogP contribution is -2.59. The molecule has 3 fully saturated rings. The molecule has 0 aromatic carbocycles. The summed E-state index contributed by atoms with van der Waals surface area (Å²) in [5.41, 5.74) is -0.556. The van der Waals surface area contributed by atoms with Crippen LogP contribution in [0.1, 0.15) is 25.0 Å². The van der Waals surface area contributed by atoms with Crippen LogP contribution in [0.15, 0.2) is 59.5 Å². The van der Waals surface area contributed by atoms with Crippen LogP contribution in [0.5, 0.6) is 0 Å². The van der Waals surface area contributed by atoms with E-state index in [1.54, 1.807) is 28.2 Å². The van der Waals surface area contributed by atoms with Gasteiger partial charge in [0, 0.05) is 38.1 Å². The number of nitrogens with zero attached hydrogens (tertiary/aromatic N) is 8. The first-order chi connectivity index (χ1) is 19.7. The second-order valence-electron chi connectivity index (χ2n) is 10.2. The van der Waals surface area contributed by atoms with Gasteiger partial charge >= 0.3 is 0 Å². The van der Waals surface area contributed by atoms with Crippen LogP contribution in [0.25, 0.3) is 0 Å². The van der Waals surface area contributed by atoms with E-state index in [1.807, 2.05) is 0 Å². The van der Waals surface area contributed by atoms with Crippen molar-refractivity contribution in [2.75, 3.05) is 26.2 Å². The van der Waals surface area contributed by atoms with Crippen LogP contribution in [-0.4, -0.2) is 82.4 Å². The van der Waals surface area contributed by atoms with E-state index < -0.39 is 29.8 Å². The first kappa shape index (κ1) is 28.4. The number of amides is 3. The van der Waals surface area contributed by atoms with Gasteiger partial charge in [-0.1, -0.05) is 22.0 Å². The fourth-order valence-electron chi connectivity index (χ4n) is 5.50. The van der Waals surface area contributed by atoms with E-state index in [1.165, 1.54) is 5.01 Å². The Hall–Kier alpha value is -4.13. The molecule has 3 amide bonds. The number of carbonyl (C=O) groups is 3. The fraction of sp³-hybridized carbons (Fsp3) is 0.545. The number of hydrogen-bond acceptors (Lipinski definition) is 13. The zero-order valence-electron chi connectivity index (χ0n) is 21.9.